The fourth-order valence-electron chi connectivity index (χ4n) is 3.16. The van der Waals surface area contributed by atoms with Gasteiger partial charge in [-0.25, -0.2) is 4.68 Å². The molecule has 9 nitrogen and oxygen atoms in total. The van der Waals surface area contributed by atoms with E-state index in [4.69, 9.17) is 4.42 Å². The van der Waals surface area contributed by atoms with Crippen LogP contribution in [0.15, 0.2) is 39.9 Å². The Labute approximate surface area is 152 Å². The molecule has 0 atom stereocenters. The van der Waals surface area contributed by atoms with E-state index in [2.05, 4.69) is 20.6 Å². The second-order valence-corrected chi connectivity index (χ2v) is 6.78. The second-order valence-electron chi connectivity index (χ2n) is 6.78. The van der Waals surface area contributed by atoms with Crippen LogP contribution < -0.4 is 10.9 Å². The summed E-state index contributed by atoms with van der Waals surface area (Å²) in [6, 6.07) is 5.26. The lowest BCUT2D eigenvalue weighted by Crippen LogP contribution is -2.30. The largest absolute Gasteiger partial charge is 0.459 e. The van der Waals surface area contributed by atoms with Crippen LogP contribution in [-0.2, 0) is 11.3 Å². The molecule has 0 aliphatic heterocycles. The minimum absolute atomic E-state index is 0.181. The summed E-state index contributed by atoms with van der Waals surface area (Å²) in [5, 5.41) is 15.2. The smallest absolute Gasteiger partial charge is 0.278 e. The number of carbonyl (C=O) groups is 1. The van der Waals surface area contributed by atoms with Crippen LogP contribution in [0.25, 0.3) is 16.6 Å². The number of nitrogens with zero attached hydrogens (tertiary/aromatic N) is 5. The number of aryl methyl sites for hydroxylation is 1. The van der Waals surface area contributed by atoms with Crippen LogP contribution in [0.2, 0.25) is 0 Å². The number of aromatic nitrogens is 5. The average molecular weight is 364 g/mol. The third-order valence-electron chi connectivity index (χ3n) is 4.66. The summed E-state index contributed by atoms with van der Waals surface area (Å²) >= 11 is 0. The number of hydrogen-bond donors (Lipinski definition) is 1. The van der Waals surface area contributed by atoms with Crippen molar-refractivity contribution >= 4 is 28.2 Å². The van der Waals surface area contributed by atoms with Gasteiger partial charge < -0.3 is 9.73 Å². The number of rotatable bonds is 4. The number of hydrogen-bond acceptors (Lipinski definition) is 6. The molecule has 0 spiro atoms. The van der Waals surface area contributed by atoms with Gasteiger partial charge in [0, 0.05) is 12.1 Å². The van der Waals surface area contributed by atoms with Gasteiger partial charge in [-0.05, 0) is 38.0 Å². The SMILES string of the molecule is Cc1nn(CC(=O)Nc2ccc3nncn3c2)c(=O)c2cc(C3CC3)oc12. The van der Waals surface area contributed by atoms with Gasteiger partial charge in [0.05, 0.1) is 11.1 Å². The maximum absolute atomic E-state index is 12.7. The van der Waals surface area contributed by atoms with E-state index in [0.717, 1.165) is 18.6 Å². The summed E-state index contributed by atoms with van der Waals surface area (Å²) in [5.74, 6) is 0.888. The van der Waals surface area contributed by atoms with Crippen molar-refractivity contribution in [3.05, 3.63) is 52.5 Å². The van der Waals surface area contributed by atoms with Crippen molar-refractivity contribution in [1.82, 2.24) is 24.4 Å². The molecule has 1 aliphatic carbocycles. The van der Waals surface area contributed by atoms with Crippen LogP contribution in [0.1, 0.15) is 30.2 Å². The zero-order valence-electron chi connectivity index (χ0n) is 14.5. The summed E-state index contributed by atoms with van der Waals surface area (Å²) in [6.07, 6.45) is 5.42. The first-order valence-corrected chi connectivity index (χ1v) is 8.69. The molecule has 27 heavy (non-hydrogen) atoms. The van der Waals surface area contributed by atoms with Gasteiger partial charge in [0.2, 0.25) is 5.91 Å². The standard InChI is InChI=1S/C18H16N6O3/c1-10-17-13(6-14(27-17)11-2-3-11)18(26)24(22-10)8-16(25)20-12-4-5-15-21-19-9-23(15)7-12/h4-7,9,11H,2-3,8H2,1H3,(H,20,25). The molecule has 1 amide bonds. The van der Waals surface area contributed by atoms with Crippen molar-refractivity contribution in [2.45, 2.75) is 32.2 Å². The molecule has 0 radical (unpaired) electrons. The molecule has 4 heterocycles. The lowest BCUT2D eigenvalue weighted by atomic mass is 10.2. The van der Waals surface area contributed by atoms with E-state index < -0.39 is 0 Å². The summed E-state index contributed by atoms with van der Waals surface area (Å²) in [7, 11) is 0. The van der Waals surface area contributed by atoms with Gasteiger partial charge in [-0.3, -0.25) is 14.0 Å². The van der Waals surface area contributed by atoms with E-state index in [-0.39, 0.29) is 18.0 Å². The Hall–Kier alpha value is -3.49. The highest BCUT2D eigenvalue weighted by molar-refractivity contribution is 5.90. The highest BCUT2D eigenvalue weighted by atomic mass is 16.3. The first kappa shape index (κ1) is 15.7. The Bertz CT molecular complexity index is 1250. The summed E-state index contributed by atoms with van der Waals surface area (Å²) in [6.45, 7) is 1.59. The van der Waals surface area contributed by atoms with Gasteiger partial charge in [0.25, 0.3) is 5.56 Å². The van der Waals surface area contributed by atoms with Crippen LogP contribution in [0.4, 0.5) is 5.69 Å². The van der Waals surface area contributed by atoms with E-state index >= 15 is 0 Å². The molecule has 4 aromatic heterocycles. The van der Waals surface area contributed by atoms with E-state index in [1.807, 2.05) is 0 Å². The van der Waals surface area contributed by atoms with Gasteiger partial charge in [-0.15, -0.1) is 10.2 Å². The number of pyridine rings is 1. The Morgan fingerprint density at radius 1 is 1.37 bits per heavy atom. The molecule has 4 aromatic rings. The van der Waals surface area contributed by atoms with Gasteiger partial charge >= 0.3 is 0 Å². The Kier molecular flexibility index (Phi) is 3.36. The van der Waals surface area contributed by atoms with Crippen LogP contribution in [0.3, 0.4) is 0 Å². The third kappa shape index (κ3) is 2.77. The molecule has 1 saturated carbocycles. The van der Waals surface area contributed by atoms with Crippen molar-refractivity contribution < 1.29 is 9.21 Å². The minimum atomic E-state index is -0.346. The van der Waals surface area contributed by atoms with Crippen LogP contribution in [-0.4, -0.2) is 30.3 Å². The third-order valence-corrected chi connectivity index (χ3v) is 4.66. The Morgan fingerprint density at radius 2 is 2.22 bits per heavy atom. The lowest BCUT2D eigenvalue weighted by molar-refractivity contribution is -0.117. The monoisotopic (exact) mass is 364 g/mol. The maximum Gasteiger partial charge on any atom is 0.278 e. The predicted octanol–water partition coefficient (Wildman–Crippen LogP) is 1.86. The summed E-state index contributed by atoms with van der Waals surface area (Å²) < 4.78 is 8.67. The number of fused-ring (bicyclic) bond motifs is 2. The highest BCUT2D eigenvalue weighted by Crippen LogP contribution is 2.41. The Balaban J connectivity index is 1.42. The van der Waals surface area contributed by atoms with Crippen LogP contribution in [0, 0.1) is 6.92 Å². The minimum Gasteiger partial charge on any atom is -0.459 e. The van der Waals surface area contributed by atoms with E-state index in [9.17, 15) is 9.59 Å². The predicted molar refractivity (Wildman–Crippen MR) is 96.6 cm³/mol. The molecule has 9 heteroatoms. The first-order chi connectivity index (χ1) is 13.1. The zero-order chi connectivity index (χ0) is 18.5. The van der Waals surface area contributed by atoms with E-state index in [1.165, 1.54) is 4.68 Å². The Morgan fingerprint density at radius 3 is 3.04 bits per heavy atom. The topological polar surface area (TPSA) is 107 Å². The average Bonchev–Trinajstić information content (AvgIpc) is 3.21. The first-order valence-electron chi connectivity index (χ1n) is 8.69. The van der Waals surface area contributed by atoms with Gasteiger partial charge in [-0.2, -0.15) is 5.10 Å². The molecular weight excluding hydrogens is 348 g/mol. The molecule has 136 valence electrons. The van der Waals surface area contributed by atoms with Crippen LogP contribution >= 0.6 is 0 Å². The maximum atomic E-state index is 12.7. The summed E-state index contributed by atoms with van der Waals surface area (Å²) in [5.41, 5.74) is 2.04. The van der Waals surface area contributed by atoms with E-state index in [1.54, 1.807) is 42.0 Å². The molecule has 1 aliphatic rings. The van der Waals surface area contributed by atoms with Crippen molar-refractivity contribution in [2.24, 2.45) is 0 Å². The summed E-state index contributed by atoms with van der Waals surface area (Å²) in [4.78, 5) is 25.1. The van der Waals surface area contributed by atoms with Gasteiger partial charge in [0.1, 0.15) is 24.3 Å². The lowest BCUT2D eigenvalue weighted by Gasteiger charge is -2.08. The molecule has 1 N–H and O–H groups in total. The zero-order valence-corrected chi connectivity index (χ0v) is 14.5. The fourth-order valence-corrected chi connectivity index (χ4v) is 3.16. The molecule has 0 aromatic carbocycles. The fraction of sp³-hybridized carbons (Fsp3) is 0.278. The number of anilines is 1. The molecule has 0 unspecified atom stereocenters. The van der Waals surface area contributed by atoms with Crippen molar-refractivity contribution in [3.8, 4) is 0 Å². The van der Waals surface area contributed by atoms with Crippen molar-refractivity contribution in [3.63, 3.8) is 0 Å². The van der Waals surface area contributed by atoms with Gasteiger partial charge in [-0.1, -0.05) is 0 Å². The quantitative estimate of drug-likeness (QED) is 0.592. The second kappa shape index (κ2) is 5.76. The molecular formula is C18H16N6O3. The molecule has 1 fully saturated rings. The molecule has 0 saturated heterocycles. The number of nitrogens with one attached hydrogen (secondary N) is 1. The van der Waals surface area contributed by atoms with Crippen molar-refractivity contribution in [1.29, 1.82) is 0 Å². The number of carbonyl (C=O) groups excluding carboxylic acids is 1. The molecule has 0 bridgehead atoms. The van der Waals surface area contributed by atoms with E-state index in [0.29, 0.717) is 33.9 Å². The van der Waals surface area contributed by atoms with Crippen LogP contribution in [0.5, 0.6) is 0 Å². The van der Waals surface area contributed by atoms with Crippen molar-refractivity contribution in [2.75, 3.05) is 5.32 Å². The number of amides is 1. The van der Waals surface area contributed by atoms with Gasteiger partial charge in [0.15, 0.2) is 11.2 Å². The highest BCUT2D eigenvalue weighted by Gasteiger charge is 2.28. The normalized spacial score (nSPS) is 14.1. The molecule has 5 rings (SSSR count). The number of furan rings is 1.